The average Bonchev–Trinajstić information content (AvgIpc) is 2.64. The number of likely N-dealkylation sites (tertiary alicyclic amines) is 1. The normalized spacial score (nSPS) is 16.1. The molecule has 134 valence electrons. The maximum absolute atomic E-state index is 11.9. The van der Waals surface area contributed by atoms with Gasteiger partial charge in [-0.05, 0) is 71.3 Å². The summed E-state index contributed by atoms with van der Waals surface area (Å²) in [4.78, 5) is 14.3. The zero-order chi connectivity index (χ0) is 17.6. The van der Waals surface area contributed by atoms with E-state index >= 15 is 0 Å². The first-order valence-electron chi connectivity index (χ1n) is 8.85. The van der Waals surface area contributed by atoms with Crippen molar-refractivity contribution in [3.05, 3.63) is 63.0 Å². The third-order valence-electron chi connectivity index (χ3n) is 5.01. The Morgan fingerprint density at radius 1 is 1.12 bits per heavy atom. The number of benzene rings is 1. The third-order valence-corrected chi connectivity index (χ3v) is 5.48. The van der Waals surface area contributed by atoms with Gasteiger partial charge < -0.3 is 9.30 Å². The predicted octanol–water partition coefficient (Wildman–Crippen LogP) is 3.92. The molecule has 0 aliphatic carbocycles. The highest BCUT2D eigenvalue weighted by molar-refractivity contribution is 9.10. The molecule has 1 aromatic carbocycles. The molecule has 2 heterocycles. The topological polar surface area (TPSA) is 34.5 Å². The van der Waals surface area contributed by atoms with Crippen LogP contribution in [0.1, 0.15) is 24.8 Å². The van der Waals surface area contributed by atoms with E-state index in [1.807, 2.05) is 18.3 Å². The largest absolute Gasteiger partial charge is 0.497 e. The second-order valence-electron chi connectivity index (χ2n) is 6.74. The van der Waals surface area contributed by atoms with Crippen LogP contribution in [-0.4, -0.2) is 29.7 Å². The highest BCUT2D eigenvalue weighted by Crippen LogP contribution is 2.23. The van der Waals surface area contributed by atoms with Gasteiger partial charge in [0.1, 0.15) is 5.75 Å². The van der Waals surface area contributed by atoms with Crippen molar-refractivity contribution in [3.63, 3.8) is 0 Å². The molecule has 5 heteroatoms. The molecule has 1 saturated heterocycles. The number of hydrogen-bond donors (Lipinski definition) is 0. The number of pyridine rings is 1. The SMILES string of the molecule is COc1ccc(CCC2CCN(Cn3cc(Br)ccc3=O)CC2)cc1. The molecular formula is C20H25BrN2O2. The monoisotopic (exact) mass is 404 g/mol. The molecule has 0 radical (unpaired) electrons. The second kappa shape index (κ2) is 8.68. The summed E-state index contributed by atoms with van der Waals surface area (Å²) >= 11 is 3.44. The molecule has 0 spiro atoms. The van der Waals surface area contributed by atoms with Gasteiger partial charge >= 0.3 is 0 Å². The van der Waals surface area contributed by atoms with Gasteiger partial charge in [-0.2, -0.15) is 0 Å². The van der Waals surface area contributed by atoms with Crippen molar-refractivity contribution in [1.82, 2.24) is 9.47 Å². The first kappa shape index (κ1) is 18.2. The summed E-state index contributed by atoms with van der Waals surface area (Å²) in [6.45, 7) is 2.81. The van der Waals surface area contributed by atoms with Crippen LogP contribution in [0.25, 0.3) is 0 Å². The number of halogens is 1. The van der Waals surface area contributed by atoms with Crippen molar-refractivity contribution in [2.45, 2.75) is 32.4 Å². The quantitative estimate of drug-likeness (QED) is 0.731. The summed E-state index contributed by atoms with van der Waals surface area (Å²) in [7, 11) is 1.70. The molecule has 0 unspecified atom stereocenters. The summed E-state index contributed by atoms with van der Waals surface area (Å²) in [5.41, 5.74) is 1.44. The van der Waals surface area contributed by atoms with Gasteiger partial charge in [-0.15, -0.1) is 0 Å². The first-order valence-corrected chi connectivity index (χ1v) is 9.64. The Labute approximate surface area is 157 Å². The van der Waals surface area contributed by atoms with E-state index < -0.39 is 0 Å². The van der Waals surface area contributed by atoms with Crippen molar-refractivity contribution < 1.29 is 4.74 Å². The van der Waals surface area contributed by atoms with Gasteiger partial charge in [0.05, 0.1) is 13.8 Å². The van der Waals surface area contributed by atoms with Crippen molar-refractivity contribution in [3.8, 4) is 5.75 Å². The minimum atomic E-state index is 0.0600. The Balaban J connectivity index is 1.45. The van der Waals surface area contributed by atoms with Crippen LogP contribution in [0, 0.1) is 5.92 Å². The van der Waals surface area contributed by atoms with Gasteiger partial charge in [-0.25, -0.2) is 0 Å². The van der Waals surface area contributed by atoms with E-state index in [1.54, 1.807) is 23.8 Å². The third kappa shape index (κ3) is 5.19. The van der Waals surface area contributed by atoms with E-state index in [-0.39, 0.29) is 5.56 Å². The van der Waals surface area contributed by atoms with E-state index in [9.17, 15) is 4.79 Å². The van der Waals surface area contributed by atoms with Crippen molar-refractivity contribution in [1.29, 1.82) is 0 Å². The minimum absolute atomic E-state index is 0.0600. The number of aromatic nitrogens is 1. The Morgan fingerprint density at radius 3 is 2.52 bits per heavy atom. The highest BCUT2D eigenvalue weighted by Gasteiger charge is 2.19. The molecule has 0 amide bonds. The lowest BCUT2D eigenvalue weighted by atomic mass is 9.90. The van der Waals surface area contributed by atoms with Crippen LogP contribution >= 0.6 is 15.9 Å². The number of ether oxygens (including phenoxy) is 1. The summed E-state index contributed by atoms with van der Waals surface area (Å²) in [5.74, 6) is 1.69. The fourth-order valence-corrected chi connectivity index (χ4v) is 3.79. The van der Waals surface area contributed by atoms with Crippen LogP contribution in [-0.2, 0) is 13.1 Å². The van der Waals surface area contributed by atoms with Gasteiger partial charge in [0, 0.05) is 29.8 Å². The van der Waals surface area contributed by atoms with E-state index in [2.05, 4.69) is 33.0 Å². The van der Waals surface area contributed by atoms with Crippen LogP contribution in [0.2, 0.25) is 0 Å². The number of nitrogens with zero attached hydrogens (tertiary/aromatic N) is 2. The molecule has 0 saturated carbocycles. The molecule has 0 N–H and O–H groups in total. The molecule has 1 fully saturated rings. The molecule has 2 aromatic rings. The van der Waals surface area contributed by atoms with Crippen LogP contribution in [0.5, 0.6) is 5.75 Å². The average molecular weight is 405 g/mol. The Bertz CT molecular complexity index is 734. The highest BCUT2D eigenvalue weighted by atomic mass is 79.9. The molecule has 25 heavy (non-hydrogen) atoms. The fourth-order valence-electron chi connectivity index (χ4n) is 3.41. The van der Waals surface area contributed by atoms with Crippen LogP contribution in [0.15, 0.2) is 51.9 Å². The molecule has 1 aliphatic rings. The van der Waals surface area contributed by atoms with Crippen molar-refractivity contribution in [2.24, 2.45) is 5.92 Å². The van der Waals surface area contributed by atoms with Gasteiger partial charge in [0.15, 0.2) is 0 Å². The van der Waals surface area contributed by atoms with Crippen LogP contribution in [0.4, 0.5) is 0 Å². The summed E-state index contributed by atoms with van der Waals surface area (Å²) in [6, 6.07) is 11.8. The lowest BCUT2D eigenvalue weighted by Crippen LogP contribution is -2.37. The predicted molar refractivity (Wildman–Crippen MR) is 104 cm³/mol. The van der Waals surface area contributed by atoms with Gasteiger partial charge in [0.2, 0.25) is 0 Å². The Hall–Kier alpha value is -1.59. The number of aryl methyl sites for hydroxylation is 1. The smallest absolute Gasteiger partial charge is 0.251 e. The zero-order valence-corrected chi connectivity index (χ0v) is 16.2. The molecule has 1 aliphatic heterocycles. The van der Waals surface area contributed by atoms with Crippen LogP contribution < -0.4 is 10.3 Å². The maximum atomic E-state index is 11.9. The second-order valence-corrected chi connectivity index (χ2v) is 7.66. The van der Waals surface area contributed by atoms with Gasteiger partial charge in [-0.1, -0.05) is 12.1 Å². The summed E-state index contributed by atoms with van der Waals surface area (Å²) in [6.07, 6.45) is 6.65. The maximum Gasteiger partial charge on any atom is 0.251 e. The van der Waals surface area contributed by atoms with E-state index in [0.717, 1.165) is 35.7 Å². The summed E-state index contributed by atoms with van der Waals surface area (Å²) < 4.78 is 7.93. The molecule has 3 rings (SSSR count). The van der Waals surface area contributed by atoms with Crippen molar-refractivity contribution in [2.75, 3.05) is 20.2 Å². The standard InChI is InChI=1S/C20H25BrN2O2/c1-25-19-7-4-16(5-8-19)2-3-17-10-12-22(13-11-17)15-23-14-18(21)6-9-20(23)24/h4-9,14,17H,2-3,10-13,15H2,1H3. The van der Waals surface area contributed by atoms with Gasteiger partial charge in [0.25, 0.3) is 5.56 Å². The van der Waals surface area contributed by atoms with E-state index in [0.29, 0.717) is 6.67 Å². The molecule has 4 nitrogen and oxygen atoms in total. The molecule has 0 atom stereocenters. The first-order chi connectivity index (χ1) is 12.1. The van der Waals surface area contributed by atoms with Crippen molar-refractivity contribution >= 4 is 15.9 Å². The summed E-state index contributed by atoms with van der Waals surface area (Å²) in [5, 5.41) is 0. The zero-order valence-electron chi connectivity index (χ0n) is 14.7. The minimum Gasteiger partial charge on any atom is -0.497 e. The number of methoxy groups -OCH3 is 1. The lowest BCUT2D eigenvalue weighted by Gasteiger charge is -2.32. The number of hydrogen-bond acceptors (Lipinski definition) is 3. The Kier molecular flexibility index (Phi) is 6.32. The van der Waals surface area contributed by atoms with E-state index in [1.165, 1.54) is 24.8 Å². The molecule has 0 bridgehead atoms. The molecular weight excluding hydrogens is 380 g/mol. The lowest BCUT2D eigenvalue weighted by molar-refractivity contribution is 0.142. The number of piperidine rings is 1. The van der Waals surface area contributed by atoms with E-state index in [4.69, 9.17) is 4.74 Å². The fraction of sp³-hybridized carbons (Fsp3) is 0.450. The number of rotatable bonds is 6. The Morgan fingerprint density at radius 2 is 1.84 bits per heavy atom. The molecule has 1 aromatic heterocycles. The van der Waals surface area contributed by atoms with Gasteiger partial charge in [-0.3, -0.25) is 9.69 Å². The van der Waals surface area contributed by atoms with Crippen LogP contribution in [0.3, 0.4) is 0 Å².